The van der Waals surface area contributed by atoms with Crippen LogP contribution in [0.4, 0.5) is 0 Å². The second kappa shape index (κ2) is 9.04. The van der Waals surface area contributed by atoms with Gasteiger partial charge in [0.1, 0.15) is 11.1 Å². The number of piperidine rings is 1. The van der Waals surface area contributed by atoms with E-state index in [0.29, 0.717) is 43.1 Å². The third-order valence-corrected chi connectivity index (χ3v) is 5.56. The van der Waals surface area contributed by atoms with E-state index in [-0.39, 0.29) is 23.0 Å². The highest BCUT2D eigenvalue weighted by Crippen LogP contribution is 2.29. The van der Waals surface area contributed by atoms with Crippen LogP contribution in [0, 0.1) is 31.1 Å². The average molecular weight is 375 g/mol. The zero-order chi connectivity index (χ0) is 19.3. The van der Waals surface area contributed by atoms with Crippen LogP contribution < -0.4 is 0 Å². The molecular weight excluding hydrogens is 350 g/mol. The summed E-state index contributed by atoms with van der Waals surface area (Å²) in [6.07, 6.45) is 1.26. The fourth-order valence-electron chi connectivity index (χ4n) is 3.09. The topological polar surface area (TPSA) is 83.3 Å². The summed E-state index contributed by atoms with van der Waals surface area (Å²) in [6.45, 7) is 8.89. The number of amides is 1. The third kappa shape index (κ3) is 4.76. The van der Waals surface area contributed by atoms with Crippen LogP contribution in [-0.4, -0.2) is 46.7 Å². The van der Waals surface area contributed by atoms with E-state index in [9.17, 15) is 14.9 Å². The summed E-state index contributed by atoms with van der Waals surface area (Å²) in [6, 6.07) is 4.06. The molecule has 0 bridgehead atoms. The summed E-state index contributed by atoms with van der Waals surface area (Å²) in [5.41, 5.74) is 2.23. The number of hydrogen-bond donors (Lipinski definition) is 0. The van der Waals surface area contributed by atoms with Gasteiger partial charge in [-0.1, -0.05) is 11.8 Å². The molecule has 1 fully saturated rings. The van der Waals surface area contributed by atoms with E-state index in [4.69, 9.17) is 4.74 Å². The largest absolute Gasteiger partial charge is 0.466 e. The Labute approximate surface area is 158 Å². The first-order chi connectivity index (χ1) is 12.4. The van der Waals surface area contributed by atoms with Crippen molar-refractivity contribution in [2.24, 2.45) is 5.92 Å². The molecule has 0 spiro atoms. The van der Waals surface area contributed by atoms with E-state index in [1.807, 2.05) is 26.8 Å². The predicted octanol–water partition coefficient (Wildman–Crippen LogP) is 2.85. The van der Waals surface area contributed by atoms with E-state index < -0.39 is 0 Å². The Morgan fingerprint density at radius 1 is 1.42 bits per heavy atom. The van der Waals surface area contributed by atoms with Gasteiger partial charge in [-0.25, -0.2) is 4.98 Å². The van der Waals surface area contributed by atoms with Crippen molar-refractivity contribution in [3.05, 3.63) is 22.9 Å². The summed E-state index contributed by atoms with van der Waals surface area (Å²) < 4.78 is 5.07. The number of aromatic nitrogens is 1. The number of hydrogen-bond acceptors (Lipinski definition) is 6. The average Bonchev–Trinajstić information content (AvgIpc) is 2.61. The molecule has 0 saturated carbocycles. The summed E-state index contributed by atoms with van der Waals surface area (Å²) in [7, 11) is 0. The summed E-state index contributed by atoms with van der Waals surface area (Å²) >= 11 is 1.32. The van der Waals surface area contributed by atoms with Gasteiger partial charge in [-0.2, -0.15) is 5.26 Å². The van der Waals surface area contributed by atoms with Crippen molar-refractivity contribution in [1.29, 1.82) is 5.26 Å². The number of nitriles is 1. The lowest BCUT2D eigenvalue weighted by molar-refractivity contribution is -0.151. The molecule has 2 heterocycles. The molecule has 140 valence electrons. The summed E-state index contributed by atoms with van der Waals surface area (Å²) in [5.74, 6) is -0.268. The maximum Gasteiger partial charge on any atom is 0.309 e. The summed E-state index contributed by atoms with van der Waals surface area (Å²) in [4.78, 5) is 30.8. The Morgan fingerprint density at radius 3 is 2.65 bits per heavy atom. The van der Waals surface area contributed by atoms with Crippen molar-refractivity contribution < 1.29 is 14.3 Å². The SMILES string of the molecule is CCOC(=O)C1CCN(C(=O)[C@@H](C)Sc2nc(C)cc(C)c2C#N)CC1. The van der Waals surface area contributed by atoms with Gasteiger partial charge in [0.05, 0.1) is 23.3 Å². The number of rotatable bonds is 5. The quantitative estimate of drug-likeness (QED) is 0.581. The monoisotopic (exact) mass is 375 g/mol. The van der Waals surface area contributed by atoms with Gasteiger partial charge in [-0.15, -0.1) is 0 Å². The molecule has 1 aliphatic rings. The minimum absolute atomic E-state index is 0.0159. The molecule has 1 amide bonds. The second-order valence-electron chi connectivity index (χ2n) is 6.48. The molecule has 1 aliphatic heterocycles. The third-order valence-electron chi connectivity index (χ3n) is 4.49. The highest BCUT2D eigenvalue weighted by atomic mass is 32.2. The highest BCUT2D eigenvalue weighted by molar-refractivity contribution is 8.00. The van der Waals surface area contributed by atoms with Crippen LogP contribution in [0.5, 0.6) is 0 Å². The maximum absolute atomic E-state index is 12.8. The Hall–Kier alpha value is -2.07. The van der Waals surface area contributed by atoms with Crippen molar-refractivity contribution in [1.82, 2.24) is 9.88 Å². The molecule has 0 N–H and O–H groups in total. The molecular formula is C19H25N3O3S. The number of esters is 1. The molecule has 26 heavy (non-hydrogen) atoms. The standard InChI is InChI=1S/C19H25N3O3S/c1-5-25-19(24)15-6-8-22(9-7-15)18(23)14(4)26-17-16(11-20)12(2)10-13(3)21-17/h10,14-15H,5-9H2,1-4H3/t14-/m1/s1. The molecule has 2 rings (SSSR count). The van der Waals surface area contributed by atoms with Crippen molar-refractivity contribution >= 4 is 23.6 Å². The number of carbonyl (C=O) groups excluding carboxylic acids is 2. The van der Waals surface area contributed by atoms with Crippen LogP contribution in [0.3, 0.4) is 0 Å². The van der Waals surface area contributed by atoms with Crippen LogP contribution in [0.2, 0.25) is 0 Å². The Balaban J connectivity index is 1.99. The van der Waals surface area contributed by atoms with E-state index in [1.165, 1.54) is 11.8 Å². The van der Waals surface area contributed by atoms with Gasteiger partial charge in [0.25, 0.3) is 0 Å². The van der Waals surface area contributed by atoms with Crippen LogP contribution in [0.15, 0.2) is 11.1 Å². The molecule has 0 unspecified atom stereocenters. The lowest BCUT2D eigenvalue weighted by Gasteiger charge is -2.32. The minimum atomic E-state index is -0.338. The lowest BCUT2D eigenvalue weighted by atomic mass is 9.97. The molecule has 1 saturated heterocycles. The normalized spacial score (nSPS) is 16.0. The van der Waals surface area contributed by atoms with Gasteiger partial charge < -0.3 is 9.64 Å². The lowest BCUT2D eigenvalue weighted by Crippen LogP contribution is -2.43. The highest BCUT2D eigenvalue weighted by Gasteiger charge is 2.30. The number of pyridine rings is 1. The molecule has 1 aromatic heterocycles. The van der Waals surface area contributed by atoms with Gasteiger partial charge in [-0.3, -0.25) is 9.59 Å². The molecule has 1 aromatic rings. The van der Waals surface area contributed by atoms with E-state index >= 15 is 0 Å². The zero-order valence-electron chi connectivity index (χ0n) is 15.7. The van der Waals surface area contributed by atoms with Crippen LogP contribution in [-0.2, 0) is 14.3 Å². The van der Waals surface area contributed by atoms with Gasteiger partial charge in [0.2, 0.25) is 5.91 Å². The molecule has 6 nitrogen and oxygen atoms in total. The number of nitrogens with zero attached hydrogens (tertiary/aromatic N) is 3. The summed E-state index contributed by atoms with van der Waals surface area (Å²) in [5, 5.41) is 9.64. The fraction of sp³-hybridized carbons (Fsp3) is 0.579. The van der Waals surface area contributed by atoms with Crippen LogP contribution in [0.25, 0.3) is 0 Å². The van der Waals surface area contributed by atoms with Gasteiger partial charge >= 0.3 is 5.97 Å². The zero-order valence-corrected chi connectivity index (χ0v) is 16.6. The Kier molecular flexibility index (Phi) is 7.04. The molecule has 0 aliphatic carbocycles. The predicted molar refractivity (Wildman–Crippen MR) is 99.7 cm³/mol. The maximum atomic E-state index is 12.8. The van der Waals surface area contributed by atoms with Gasteiger partial charge in [0, 0.05) is 18.8 Å². The smallest absolute Gasteiger partial charge is 0.309 e. The van der Waals surface area contributed by atoms with Crippen molar-refractivity contribution in [2.75, 3.05) is 19.7 Å². The van der Waals surface area contributed by atoms with Gasteiger partial charge in [-0.05, 0) is 52.2 Å². The first-order valence-electron chi connectivity index (χ1n) is 8.87. The van der Waals surface area contributed by atoms with E-state index in [2.05, 4.69) is 11.1 Å². The first-order valence-corrected chi connectivity index (χ1v) is 9.75. The molecule has 0 aromatic carbocycles. The number of likely N-dealkylation sites (tertiary alicyclic amines) is 1. The molecule has 1 atom stereocenters. The van der Waals surface area contributed by atoms with E-state index in [0.717, 1.165) is 11.3 Å². The van der Waals surface area contributed by atoms with Crippen LogP contribution in [0.1, 0.15) is 43.5 Å². The number of thioether (sulfide) groups is 1. The number of ether oxygens (including phenoxy) is 1. The number of aryl methyl sites for hydroxylation is 2. The van der Waals surface area contributed by atoms with Crippen molar-refractivity contribution in [3.8, 4) is 6.07 Å². The van der Waals surface area contributed by atoms with Gasteiger partial charge in [0.15, 0.2) is 0 Å². The first kappa shape index (κ1) is 20.2. The minimum Gasteiger partial charge on any atom is -0.466 e. The molecule has 7 heteroatoms. The van der Waals surface area contributed by atoms with Crippen LogP contribution >= 0.6 is 11.8 Å². The molecule has 0 radical (unpaired) electrons. The van der Waals surface area contributed by atoms with Crippen molar-refractivity contribution in [2.45, 2.75) is 50.8 Å². The van der Waals surface area contributed by atoms with E-state index in [1.54, 1.807) is 11.8 Å². The Bertz CT molecular complexity index is 721. The van der Waals surface area contributed by atoms with Crippen molar-refractivity contribution in [3.63, 3.8) is 0 Å². The fourth-order valence-corrected chi connectivity index (χ4v) is 4.20. The second-order valence-corrected chi connectivity index (χ2v) is 7.81. The Morgan fingerprint density at radius 2 is 2.08 bits per heavy atom. The number of carbonyl (C=O) groups is 2.